The summed E-state index contributed by atoms with van der Waals surface area (Å²) in [4.78, 5) is 43.0. The molecule has 0 bridgehead atoms. The predicted molar refractivity (Wildman–Crippen MR) is 108 cm³/mol. The molecule has 1 fully saturated rings. The van der Waals surface area contributed by atoms with Gasteiger partial charge in [0.05, 0.1) is 5.52 Å². The van der Waals surface area contributed by atoms with Gasteiger partial charge in [0, 0.05) is 31.0 Å². The molecule has 2 heterocycles. The topological polar surface area (TPSA) is 91.4 Å². The second kappa shape index (κ2) is 6.13. The standard InChI is InChI=1S/C22H18N4O3/c1-26-21(29)25-20(28)22(26)11-14-9-13-7-8-17(24-18(13)10-15(14)12-22)19(27)23-16-5-3-2-4-6-16/h2-10H,11-12H2,1H3,(H,23,27)(H,25,28,29)/t22-/m1/s1. The van der Waals surface area contributed by atoms with Crippen molar-refractivity contribution >= 4 is 34.4 Å². The Morgan fingerprint density at radius 1 is 1.07 bits per heavy atom. The number of hydrogen-bond donors (Lipinski definition) is 2. The Balaban J connectivity index is 1.47. The number of pyridine rings is 1. The maximum absolute atomic E-state index is 12.5. The van der Waals surface area contributed by atoms with Crippen LogP contribution in [-0.2, 0) is 17.6 Å². The summed E-state index contributed by atoms with van der Waals surface area (Å²) in [5.41, 5.74) is 2.84. The minimum atomic E-state index is -0.871. The number of benzene rings is 2. The molecule has 2 N–H and O–H groups in total. The maximum atomic E-state index is 12.5. The first-order valence-corrected chi connectivity index (χ1v) is 9.34. The van der Waals surface area contributed by atoms with E-state index in [1.165, 1.54) is 4.90 Å². The lowest BCUT2D eigenvalue weighted by molar-refractivity contribution is -0.125. The minimum absolute atomic E-state index is 0.263. The number of fused-ring (bicyclic) bond motifs is 2. The van der Waals surface area contributed by atoms with E-state index in [1.54, 1.807) is 13.1 Å². The first kappa shape index (κ1) is 17.4. The van der Waals surface area contributed by atoms with E-state index in [9.17, 15) is 14.4 Å². The third kappa shape index (κ3) is 2.66. The normalized spacial score (nSPS) is 20.2. The smallest absolute Gasteiger partial charge is 0.321 e. The number of urea groups is 1. The average Bonchev–Trinajstić information content (AvgIpc) is 3.19. The zero-order valence-electron chi connectivity index (χ0n) is 15.7. The number of anilines is 1. The van der Waals surface area contributed by atoms with Crippen LogP contribution in [0.25, 0.3) is 10.9 Å². The lowest BCUT2D eigenvalue weighted by Crippen LogP contribution is -2.48. The number of aromatic nitrogens is 1. The number of carbonyl (C=O) groups excluding carboxylic acids is 3. The van der Waals surface area contributed by atoms with E-state index in [-0.39, 0.29) is 17.8 Å². The molecule has 3 aromatic rings. The first-order valence-electron chi connectivity index (χ1n) is 9.34. The van der Waals surface area contributed by atoms with E-state index in [2.05, 4.69) is 15.6 Å². The molecule has 1 aliphatic carbocycles. The molecule has 0 saturated carbocycles. The van der Waals surface area contributed by atoms with Gasteiger partial charge in [0.15, 0.2) is 0 Å². The fourth-order valence-corrected chi connectivity index (χ4v) is 4.17. The van der Waals surface area contributed by atoms with Crippen molar-refractivity contribution in [2.45, 2.75) is 18.4 Å². The van der Waals surface area contributed by atoms with Crippen molar-refractivity contribution in [1.29, 1.82) is 0 Å². The van der Waals surface area contributed by atoms with Crippen molar-refractivity contribution in [3.8, 4) is 0 Å². The Morgan fingerprint density at radius 3 is 2.48 bits per heavy atom. The zero-order chi connectivity index (χ0) is 20.2. The van der Waals surface area contributed by atoms with Crippen LogP contribution in [0.4, 0.5) is 10.5 Å². The highest BCUT2D eigenvalue weighted by Gasteiger charge is 2.54. The maximum Gasteiger partial charge on any atom is 0.324 e. The summed E-state index contributed by atoms with van der Waals surface area (Å²) in [5, 5.41) is 6.13. The molecule has 2 aliphatic rings. The van der Waals surface area contributed by atoms with Gasteiger partial charge < -0.3 is 10.2 Å². The Hall–Kier alpha value is -3.74. The number of amides is 4. The molecule has 1 aliphatic heterocycles. The molecule has 144 valence electrons. The minimum Gasteiger partial charge on any atom is -0.321 e. The SMILES string of the molecule is CN1C(=O)NC(=O)[C@]12Cc1cc3ccc(C(=O)Nc4ccccc4)nc3cc1C2. The number of para-hydroxylation sites is 1. The molecule has 7 heteroatoms. The second-order valence-corrected chi connectivity index (χ2v) is 7.53. The van der Waals surface area contributed by atoms with Crippen LogP contribution in [0.5, 0.6) is 0 Å². The molecule has 7 nitrogen and oxygen atoms in total. The summed E-state index contributed by atoms with van der Waals surface area (Å²) < 4.78 is 0. The molecule has 29 heavy (non-hydrogen) atoms. The van der Waals surface area contributed by atoms with Crippen LogP contribution in [0.15, 0.2) is 54.6 Å². The van der Waals surface area contributed by atoms with E-state index in [1.807, 2.05) is 48.5 Å². The lowest BCUT2D eigenvalue weighted by Gasteiger charge is -2.27. The molecular weight excluding hydrogens is 368 g/mol. The highest BCUT2D eigenvalue weighted by Crippen LogP contribution is 2.38. The van der Waals surface area contributed by atoms with Crippen molar-refractivity contribution in [2.24, 2.45) is 0 Å². The van der Waals surface area contributed by atoms with Gasteiger partial charge in [-0.2, -0.15) is 0 Å². The largest absolute Gasteiger partial charge is 0.324 e. The molecule has 1 saturated heterocycles. The first-order chi connectivity index (χ1) is 14.0. The number of hydrogen-bond acceptors (Lipinski definition) is 4. The van der Waals surface area contributed by atoms with E-state index in [0.29, 0.717) is 29.7 Å². The predicted octanol–water partition coefficient (Wildman–Crippen LogP) is 2.51. The fourth-order valence-electron chi connectivity index (χ4n) is 4.17. The van der Waals surface area contributed by atoms with Gasteiger partial charge in [0.1, 0.15) is 11.2 Å². The summed E-state index contributed by atoms with van der Waals surface area (Å²) in [6.45, 7) is 0. The van der Waals surface area contributed by atoms with Gasteiger partial charge in [-0.05, 0) is 41.5 Å². The summed E-state index contributed by atoms with van der Waals surface area (Å²) in [7, 11) is 1.65. The van der Waals surface area contributed by atoms with Gasteiger partial charge >= 0.3 is 6.03 Å². The molecule has 1 atom stereocenters. The monoisotopic (exact) mass is 386 g/mol. The number of nitrogens with one attached hydrogen (secondary N) is 2. The molecule has 2 aromatic carbocycles. The quantitative estimate of drug-likeness (QED) is 0.662. The molecular formula is C22H18N4O3. The Morgan fingerprint density at radius 2 is 1.79 bits per heavy atom. The van der Waals surface area contributed by atoms with Gasteiger partial charge in [-0.1, -0.05) is 24.3 Å². The second-order valence-electron chi connectivity index (χ2n) is 7.53. The summed E-state index contributed by atoms with van der Waals surface area (Å²) in [6.07, 6.45) is 0.914. The average molecular weight is 386 g/mol. The summed E-state index contributed by atoms with van der Waals surface area (Å²) in [5.74, 6) is -0.545. The van der Waals surface area contributed by atoms with Crippen LogP contribution >= 0.6 is 0 Å². The van der Waals surface area contributed by atoms with Gasteiger partial charge in [-0.15, -0.1) is 0 Å². The number of rotatable bonds is 2. The fraction of sp³-hybridized carbons (Fsp3) is 0.182. The van der Waals surface area contributed by atoms with Gasteiger partial charge in [0.2, 0.25) is 0 Å². The van der Waals surface area contributed by atoms with E-state index >= 15 is 0 Å². The highest BCUT2D eigenvalue weighted by atomic mass is 16.2. The Kier molecular flexibility index (Phi) is 3.67. The zero-order valence-corrected chi connectivity index (χ0v) is 15.7. The van der Waals surface area contributed by atoms with Gasteiger partial charge in [0.25, 0.3) is 11.8 Å². The molecule has 0 radical (unpaired) electrons. The van der Waals surface area contributed by atoms with Crippen LogP contribution < -0.4 is 10.6 Å². The van der Waals surface area contributed by atoms with E-state index in [0.717, 1.165) is 16.5 Å². The number of nitrogens with zero attached hydrogens (tertiary/aromatic N) is 2. The van der Waals surface area contributed by atoms with Crippen LogP contribution in [-0.4, -0.2) is 40.3 Å². The highest BCUT2D eigenvalue weighted by molar-refractivity contribution is 6.08. The van der Waals surface area contributed by atoms with Gasteiger partial charge in [-0.3, -0.25) is 14.9 Å². The third-order valence-corrected chi connectivity index (χ3v) is 5.83. The van der Waals surface area contributed by atoms with Crippen molar-refractivity contribution in [3.05, 3.63) is 71.4 Å². The van der Waals surface area contributed by atoms with E-state index < -0.39 is 5.54 Å². The van der Waals surface area contributed by atoms with E-state index in [4.69, 9.17) is 0 Å². The Bertz CT molecular complexity index is 1190. The van der Waals surface area contributed by atoms with Crippen LogP contribution in [0.3, 0.4) is 0 Å². The number of carbonyl (C=O) groups is 3. The lowest BCUT2D eigenvalue weighted by atomic mass is 9.95. The van der Waals surface area contributed by atoms with Crippen molar-refractivity contribution < 1.29 is 14.4 Å². The molecule has 5 rings (SSSR count). The molecule has 1 aromatic heterocycles. The van der Waals surface area contributed by atoms with Crippen molar-refractivity contribution in [2.75, 3.05) is 12.4 Å². The van der Waals surface area contributed by atoms with Crippen LogP contribution in [0.2, 0.25) is 0 Å². The summed E-state index contributed by atoms with van der Waals surface area (Å²) >= 11 is 0. The van der Waals surface area contributed by atoms with Crippen LogP contribution in [0, 0.1) is 0 Å². The van der Waals surface area contributed by atoms with Crippen LogP contribution in [0.1, 0.15) is 21.6 Å². The van der Waals surface area contributed by atoms with Crippen molar-refractivity contribution in [1.82, 2.24) is 15.2 Å². The molecule has 1 spiro atoms. The molecule has 0 unspecified atom stereocenters. The summed E-state index contributed by atoms with van der Waals surface area (Å²) in [6, 6.07) is 16.3. The number of imide groups is 1. The Labute approximate surface area is 166 Å². The molecule has 4 amide bonds. The van der Waals surface area contributed by atoms with Gasteiger partial charge in [-0.25, -0.2) is 9.78 Å². The number of likely N-dealkylation sites (N-methyl/N-ethyl adjacent to an activating group) is 1. The third-order valence-electron chi connectivity index (χ3n) is 5.83. The van der Waals surface area contributed by atoms with Crippen molar-refractivity contribution in [3.63, 3.8) is 0 Å².